The average molecular weight is 561 g/mol. The molecule has 190 valence electrons. The van der Waals surface area contributed by atoms with Crippen LogP contribution in [0.2, 0.25) is 5.02 Å². The van der Waals surface area contributed by atoms with Crippen LogP contribution in [0.1, 0.15) is 5.56 Å². The van der Waals surface area contributed by atoms with Crippen molar-refractivity contribution in [2.75, 3.05) is 13.2 Å². The van der Waals surface area contributed by atoms with Crippen LogP contribution in [0.15, 0.2) is 82.6 Å². The lowest BCUT2D eigenvalue weighted by atomic mass is 10.2. The molecule has 0 aromatic heterocycles. The van der Waals surface area contributed by atoms with Crippen molar-refractivity contribution in [3.63, 3.8) is 0 Å². The number of amides is 2. The van der Waals surface area contributed by atoms with E-state index in [1.165, 1.54) is 30.3 Å². The molecule has 1 aliphatic heterocycles. The van der Waals surface area contributed by atoms with E-state index in [1.807, 2.05) is 0 Å². The maximum Gasteiger partial charge on any atom is 0.339 e. The van der Waals surface area contributed by atoms with Gasteiger partial charge < -0.3 is 8.92 Å². The Labute approximate surface area is 220 Å². The van der Waals surface area contributed by atoms with Gasteiger partial charge in [-0.2, -0.15) is 8.42 Å². The Morgan fingerprint density at radius 3 is 2.32 bits per heavy atom. The fourth-order valence-electron chi connectivity index (χ4n) is 3.18. The summed E-state index contributed by atoms with van der Waals surface area (Å²) in [6, 6.07) is 17.0. The number of nitro groups is 1. The molecule has 3 aromatic carbocycles. The zero-order valence-corrected chi connectivity index (χ0v) is 21.2. The molecule has 10 nitrogen and oxygen atoms in total. The van der Waals surface area contributed by atoms with E-state index in [-0.39, 0.29) is 34.4 Å². The molecule has 13 heteroatoms. The maximum atomic E-state index is 12.7. The summed E-state index contributed by atoms with van der Waals surface area (Å²) in [7, 11) is -4.21. The van der Waals surface area contributed by atoms with Crippen molar-refractivity contribution in [2.24, 2.45) is 0 Å². The van der Waals surface area contributed by atoms with Crippen LogP contribution in [0, 0.1) is 10.1 Å². The number of halogens is 1. The van der Waals surface area contributed by atoms with Crippen LogP contribution in [0.5, 0.6) is 11.5 Å². The molecule has 1 heterocycles. The molecule has 1 aliphatic rings. The maximum absolute atomic E-state index is 12.7. The summed E-state index contributed by atoms with van der Waals surface area (Å²) in [6.45, 7) is 0.116. The second-order valence-corrected chi connectivity index (χ2v) is 10.4. The Bertz CT molecular complexity index is 1490. The molecule has 0 bridgehead atoms. The number of rotatable bonds is 9. The minimum atomic E-state index is -4.21. The topological polar surface area (TPSA) is 133 Å². The number of para-hydroxylation sites is 1. The molecule has 3 aromatic rings. The Kier molecular flexibility index (Phi) is 7.81. The van der Waals surface area contributed by atoms with Crippen molar-refractivity contribution < 1.29 is 31.9 Å². The second kappa shape index (κ2) is 11.0. The van der Waals surface area contributed by atoms with Gasteiger partial charge in [0.15, 0.2) is 0 Å². The van der Waals surface area contributed by atoms with Crippen LogP contribution in [0.4, 0.5) is 10.5 Å². The van der Waals surface area contributed by atoms with Gasteiger partial charge in [-0.15, -0.1) is 0 Å². The zero-order chi connectivity index (χ0) is 26.6. The van der Waals surface area contributed by atoms with E-state index in [4.69, 9.17) is 20.5 Å². The number of carbonyl (C=O) groups is 2. The number of ether oxygens (including phenoxy) is 1. The Hall–Kier alpha value is -3.87. The molecule has 0 saturated carbocycles. The highest BCUT2D eigenvalue weighted by atomic mass is 35.5. The van der Waals surface area contributed by atoms with E-state index in [2.05, 4.69) is 0 Å². The number of nitro benzene ring substituents is 1. The first-order chi connectivity index (χ1) is 17.6. The van der Waals surface area contributed by atoms with Crippen LogP contribution in [0.3, 0.4) is 0 Å². The van der Waals surface area contributed by atoms with Crippen molar-refractivity contribution in [3.05, 3.63) is 98.4 Å². The number of non-ortho nitro benzene ring substituents is 1. The summed E-state index contributed by atoms with van der Waals surface area (Å²) in [5.41, 5.74) is 0.290. The summed E-state index contributed by atoms with van der Waals surface area (Å²) in [5, 5.41) is 10.7. The van der Waals surface area contributed by atoms with Crippen LogP contribution in [0.25, 0.3) is 6.08 Å². The van der Waals surface area contributed by atoms with Gasteiger partial charge in [0.25, 0.3) is 16.8 Å². The number of benzene rings is 3. The summed E-state index contributed by atoms with van der Waals surface area (Å²) < 4.78 is 35.5. The zero-order valence-electron chi connectivity index (χ0n) is 18.8. The third kappa shape index (κ3) is 6.28. The highest BCUT2D eigenvalue weighted by Crippen LogP contribution is 2.33. The van der Waals surface area contributed by atoms with Gasteiger partial charge >= 0.3 is 10.1 Å². The van der Waals surface area contributed by atoms with Gasteiger partial charge in [-0.05, 0) is 59.8 Å². The molecule has 0 aliphatic carbocycles. The van der Waals surface area contributed by atoms with Gasteiger partial charge in [0.1, 0.15) is 23.0 Å². The Morgan fingerprint density at radius 2 is 1.68 bits per heavy atom. The van der Waals surface area contributed by atoms with E-state index in [0.717, 1.165) is 40.9 Å². The van der Waals surface area contributed by atoms with E-state index in [9.17, 15) is 28.1 Å². The minimum Gasteiger partial charge on any atom is -0.490 e. The monoisotopic (exact) mass is 560 g/mol. The number of hydrogen-bond acceptors (Lipinski definition) is 9. The molecule has 4 rings (SSSR count). The van der Waals surface area contributed by atoms with Crippen molar-refractivity contribution in [2.45, 2.75) is 4.90 Å². The molecular formula is C24H17ClN2O8S2. The number of imide groups is 1. The summed E-state index contributed by atoms with van der Waals surface area (Å²) in [6.07, 6.45) is 1.51. The number of hydrogen-bond donors (Lipinski definition) is 0. The number of carbonyl (C=O) groups excluding carboxylic acids is 2. The van der Waals surface area contributed by atoms with Crippen LogP contribution in [-0.4, -0.2) is 42.5 Å². The van der Waals surface area contributed by atoms with Gasteiger partial charge in [0.05, 0.1) is 21.4 Å². The van der Waals surface area contributed by atoms with E-state index >= 15 is 0 Å². The first-order valence-corrected chi connectivity index (χ1v) is 13.2. The molecule has 0 radical (unpaired) electrons. The van der Waals surface area contributed by atoms with Gasteiger partial charge in [-0.3, -0.25) is 24.6 Å². The van der Waals surface area contributed by atoms with E-state index < -0.39 is 26.2 Å². The van der Waals surface area contributed by atoms with Crippen molar-refractivity contribution in [1.29, 1.82) is 0 Å². The summed E-state index contributed by atoms with van der Waals surface area (Å²) in [5.74, 6) is -0.0243. The average Bonchev–Trinajstić information content (AvgIpc) is 3.13. The molecule has 0 spiro atoms. The van der Waals surface area contributed by atoms with Gasteiger partial charge in [-0.25, -0.2) is 0 Å². The first-order valence-electron chi connectivity index (χ1n) is 10.6. The third-order valence-electron chi connectivity index (χ3n) is 5.00. The smallest absolute Gasteiger partial charge is 0.339 e. The number of nitrogens with zero attached hydrogens (tertiary/aromatic N) is 2. The molecule has 37 heavy (non-hydrogen) atoms. The van der Waals surface area contributed by atoms with Crippen molar-refractivity contribution >= 4 is 56.4 Å². The van der Waals surface area contributed by atoms with Crippen LogP contribution >= 0.6 is 23.4 Å². The summed E-state index contributed by atoms with van der Waals surface area (Å²) in [4.78, 5) is 36.2. The lowest BCUT2D eigenvalue weighted by Crippen LogP contribution is -2.32. The Balaban J connectivity index is 1.38. The Morgan fingerprint density at radius 1 is 1.00 bits per heavy atom. The first kappa shape index (κ1) is 26.2. The standard InChI is InChI=1S/C24H17ClN2O8S2/c25-20-3-1-2-4-21(20)34-14-13-26-23(28)22(36-24(26)29)15-16-5-9-18(10-6-16)35-37(32,33)19-11-7-17(8-12-19)27(30)31/h1-12,15H,13-14H2/b22-15-. The molecule has 0 N–H and O–H groups in total. The lowest BCUT2D eigenvalue weighted by molar-refractivity contribution is -0.384. The highest BCUT2D eigenvalue weighted by molar-refractivity contribution is 8.18. The highest BCUT2D eigenvalue weighted by Gasteiger charge is 2.34. The predicted molar refractivity (Wildman–Crippen MR) is 137 cm³/mol. The molecule has 2 amide bonds. The fraction of sp³-hybridized carbons (Fsp3) is 0.0833. The van der Waals surface area contributed by atoms with Crippen molar-refractivity contribution in [3.8, 4) is 11.5 Å². The molecule has 1 saturated heterocycles. The third-order valence-corrected chi connectivity index (χ3v) is 7.48. The van der Waals surface area contributed by atoms with Gasteiger partial charge in [-0.1, -0.05) is 35.9 Å². The van der Waals surface area contributed by atoms with E-state index in [1.54, 1.807) is 24.3 Å². The summed E-state index contributed by atoms with van der Waals surface area (Å²) >= 11 is 6.82. The fourth-order valence-corrected chi connectivity index (χ4v) is 5.17. The molecule has 1 fully saturated rings. The van der Waals surface area contributed by atoms with Crippen LogP contribution in [-0.2, 0) is 14.9 Å². The van der Waals surface area contributed by atoms with Gasteiger partial charge in [0, 0.05) is 12.1 Å². The SMILES string of the molecule is O=C1S/C(=C\c2ccc(OS(=O)(=O)c3ccc([N+](=O)[O-])cc3)cc2)C(=O)N1CCOc1ccccc1Cl. The van der Waals surface area contributed by atoms with E-state index in [0.29, 0.717) is 16.3 Å². The largest absolute Gasteiger partial charge is 0.490 e. The molecule has 0 atom stereocenters. The molecule has 0 unspecified atom stereocenters. The second-order valence-electron chi connectivity index (χ2n) is 7.47. The molecular weight excluding hydrogens is 544 g/mol. The lowest BCUT2D eigenvalue weighted by Gasteiger charge is -2.13. The van der Waals surface area contributed by atoms with Crippen molar-refractivity contribution in [1.82, 2.24) is 4.90 Å². The normalized spacial score (nSPS) is 14.7. The number of thioether (sulfide) groups is 1. The minimum absolute atomic E-state index is 0.000304. The predicted octanol–water partition coefficient (Wildman–Crippen LogP) is 5.13. The quantitative estimate of drug-likeness (QED) is 0.151. The van der Waals surface area contributed by atoms with Gasteiger partial charge in [0.2, 0.25) is 0 Å². The van der Waals surface area contributed by atoms with Crippen LogP contribution < -0.4 is 8.92 Å².